The Balaban J connectivity index is 3.26. The zero-order valence-electron chi connectivity index (χ0n) is 11.6. The summed E-state index contributed by atoms with van der Waals surface area (Å²) in [6, 6.07) is 2.07. The fourth-order valence-electron chi connectivity index (χ4n) is 2.05. The maximum atomic E-state index is 11.2. The van der Waals surface area contributed by atoms with Gasteiger partial charge in [0, 0.05) is 19.6 Å². The van der Waals surface area contributed by atoms with Gasteiger partial charge in [-0.15, -0.1) is 0 Å². The molecule has 0 aromatic carbocycles. The molecule has 1 rings (SSSR count). The van der Waals surface area contributed by atoms with Crippen molar-refractivity contribution >= 4 is 11.5 Å². The van der Waals surface area contributed by atoms with Crippen LogP contribution in [0.25, 0.3) is 0 Å². The Labute approximate surface area is 112 Å². The fourth-order valence-corrected chi connectivity index (χ4v) is 2.05. The fraction of sp³-hybridized carbons (Fsp3) is 0.667. The molecule has 0 radical (unpaired) electrons. The Hall–Kier alpha value is -2.10. The molecule has 1 heterocycles. The lowest BCUT2D eigenvalue weighted by Crippen LogP contribution is -2.27. The van der Waals surface area contributed by atoms with Crippen LogP contribution in [-0.4, -0.2) is 27.8 Å². The molecule has 0 saturated heterocycles. The molecule has 0 aliphatic carbocycles. The van der Waals surface area contributed by atoms with Gasteiger partial charge in [0.2, 0.25) is 5.82 Å². The van der Waals surface area contributed by atoms with Crippen LogP contribution < -0.4 is 4.90 Å². The van der Waals surface area contributed by atoms with Crippen LogP contribution in [0.4, 0.5) is 11.5 Å². The van der Waals surface area contributed by atoms with E-state index in [4.69, 9.17) is 5.26 Å². The van der Waals surface area contributed by atoms with Gasteiger partial charge in [-0.05, 0) is 20.3 Å². The molecular weight excluding hydrogens is 246 g/mol. The Bertz CT molecular complexity index is 489. The van der Waals surface area contributed by atoms with Gasteiger partial charge in [0.25, 0.3) is 0 Å². The lowest BCUT2D eigenvalue weighted by Gasteiger charge is -2.21. The predicted octanol–water partition coefficient (Wildman–Crippen LogP) is 2.25. The predicted molar refractivity (Wildman–Crippen MR) is 72.0 cm³/mol. The third-order valence-electron chi connectivity index (χ3n) is 2.86. The lowest BCUT2D eigenvalue weighted by atomic mass is 10.3. The van der Waals surface area contributed by atoms with Crippen molar-refractivity contribution in [1.82, 2.24) is 9.78 Å². The summed E-state index contributed by atoms with van der Waals surface area (Å²) in [6.07, 6.45) is 1.18. The van der Waals surface area contributed by atoms with E-state index in [2.05, 4.69) is 11.2 Å². The molecule has 1 aromatic heterocycles. The van der Waals surface area contributed by atoms with E-state index in [-0.39, 0.29) is 5.69 Å². The average molecular weight is 265 g/mol. The molecule has 0 saturated carbocycles. The number of nitriles is 1. The zero-order chi connectivity index (χ0) is 14.4. The molecule has 0 aliphatic heterocycles. The molecule has 104 valence electrons. The lowest BCUT2D eigenvalue weighted by molar-refractivity contribution is -0.384. The van der Waals surface area contributed by atoms with Crippen LogP contribution in [0, 0.1) is 28.4 Å². The molecule has 0 N–H and O–H groups in total. The molecular formula is C12H19N5O2. The number of rotatable bonds is 7. The van der Waals surface area contributed by atoms with Gasteiger partial charge in [-0.2, -0.15) is 10.4 Å². The Morgan fingerprint density at radius 3 is 2.68 bits per heavy atom. The Morgan fingerprint density at radius 1 is 1.53 bits per heavy atom. The van der Waals surface area contributed by atoms with Gasteiger partial charge >= 0.3 is 5.69 Å². The van der Waals surface area contributed by atoms with E-state index < -0.39 is 4.92 Å². The third-order valence-corrected chi connectivity index (χ3v) is 2.86. The van der Waals surface area contributed by atoms with Gasteiger partial charge < -0.3 is 4.90 Å². The van der Waals surface area contributed by atoms with Crippen LogP contribution in [0.3, 0.4) is 0 Å². The monoisotopic (exact) mass is 265 g/mol. The van der Waals surface area contributed by atoms with Crippen LogP contribution in [0.1, 0.15) is 32.4 Å². The number of anilines is 1. The van der Waals surface area contributed by atoms with Crippen LogP contribution >= 0.6 is 0 Å². The zero-order valence-corrected chi connectivity index (χ0v) is 11.6. The normalized spacial score (nSPS) is 10.2. The number of hydrogen-bond acceptors (Lipinski definition) is 5. The molecule has 0 unspecified atom stereocenters. The van der Waals surface area contributed by atoms with Crippen LogP contribution in [0.2, 0.25) is 0 Å². The summed E-state index contributed by atoms with van der Waals surface area (Å²) in [5.41, 5.74) is 0.470. The molecule has 19 heavy (non-hydrogen) atoms. The minimum Gasteiger partial charge on any atom is -0.350 e. The Kier molecular flexibility index (Phi) is 5.30. The maximum absolute atomic E-state index is 11.2. The molecule has 1 aromatic rings. The highest BCUT2D eigenvalue weighted by atomic mass is 16.6. The van der Waals surface area contributed by atoms with Crippen LogP contribution in [0.15, 0.2) is 0 Å². The SMILES string of the molecule is CCCn1nc(C)c([N+](=O)[O-])c1N(CC)CCC#N. The van der Waals surface area contributed by atoms with Crippen molar-refractivity contribution < 1.29 is 4.92 Å². The largest absolute Gasteiger partial charge is 0.350 e. The minimum atomic E-state index is -0.390. The molecule has 0 spiro atoms. The van der Waals surface area contributed by atoms with Gasteiger partial charge in [0.05, 0.1) is 17.4 Å². The second-order valence-corrected chi connectivity index (χ2v) is 4.23. The van der Waals surface area contributed by atoms with Crippen molar-refractivity contribution in [2.75, 3.05) is 18.0 Å². The molecule has 0 aliphatic rings. The number of nitrogens with zero attached hydrogens (tertiary/aromatic N) is 5. The Morgan fingerprint density at radius 2 is 2.21 bits per heavy atom. The summed E-state index contributed by atoms with van der Waals surface area (Å²) in [6.45, 7) is 7.27. The van der Waals surface area contributed by atoms with Crippen molar-refractivity contribution in [1.29, 1.82) is 5.26 Å². The van der Waals surface area contributed by atoms with E-state index in [1.807, 2.05) is 18.7 Å². The summed E-state index contributed by atoms with van der Waals surface area (Å²) in [7, 11) is 0. The minimum absolute atomic E-state index is 0.0493. The molecule has 0 amide bonds. The first-order valence-corrected chi connectivity index (χ1v) is 6.40. The van der Waals surface area contributed by atoms with Crippen molar-refractivity contribution in [2.45, 2.75) is 40.2 Å². The van der Waals surface area contributed by atoms with E-state index in [0.29, 0.717) is 37.6 Å². The second kappa shape index (κ2) is 6.73. The highest BCUT2D eigenvalue weighted by molar-refractivity contribution is 5.61. The van der Waals surface area contributed by atoms with Crippen molar-refractivity contribution in [3.63, 3.8) is 0 Å². The van der Waals surface area contributed by atoms with Crippen LogP contribution in [-0.2, 0) is 6.54 Å². The standard InChI is InChI=1S/C12H19N5O2/c1-4-8-16-12(15(5-2)9-6-7-13)11(17(18)19)10(3)14-16/h4-6,8-9H2,1-3H3. The summed E-state index contributed by atoms with van der Waals surface area (Å²) >= 11 is 0. The van der Waals surface area contributed by atoms with Crippen molar-refractivity contribution in [2.24, 2.45) is 0 Å². The second-order valence-electron chi connectivity index (χ2n) is 4.23. The number of aromatic nitrogens is 2. The maximum Gasteiger partial charge on any atom is 0.333 e. The average Bonchev–Trinajstić information content (AvgIpc) is 2.68. The van der Waals surface area contributed by atoms with E-state index in [1.165, 1.54) is 0 Å². The highest BCUT2D eigenvalue weighted by Gasteiger charge is 2.28. The quantitative estimate of drug-likeness (QED) is 0.557. The molecule has 0 bridgehead atoms. The third kappa shape index (κ3) is 3.22. The molecule has 0 atom stereocenters. The van der Waals surface area contributed by atoms with Gasteiger partial charge in [0.15, 0.2) is 0 Å². The van der Waals surface area contributed by atoms with Gasteiger partial charge in [0.1, 0.15) is 5.69 Å². The topological polar surface area (TPSA) is 88.0 Å². The van der Waals surface area contributed by atoms with E-state index in [1.54, 1.807) is 11.6 Å². The van der Waals surface area contributed by atoms with Gasteiger partial charge in [-0.1, -0.05) is 6.92 Å². The first-order chi connectivity index (χ1) is 9.06. The van der Waals surface area contributed by atoms with Crippen molar-refractivity contribution in [3.05, 3.63) is 15.8 Å². The summed E-state index contributed by atoms with van der Waals surface area (Å²) < 4.78 is 1.67. The summed E-state index contributed by atoms with van der Waals surface area (Å²) in [5.74, 6) is 0.516. The molecule has 7 heteroatoms. The van der Waals surface area contributed by atoms with Gasteiger partial charge in [-0.25, -0.2) is 4.68 Å². The number of hydrogen-bond donors (Lipinski definition) is 0. The van der Waals surface area contributed by atoms with E-state index in [9.17, 15) is 10.1 Å². The number of aryl methyl sites for hydroxylation is 2. The molecule has 7 nitrogen and oxygen atoms in total. The summed E-state index contributed by atoms with van der Waals surface area (Å²) in [5, 5.41) is 24.1. The highest BCUT2D eigenvalue weighted by Crippen LogP contribution is 2.31. The van der Waals surface area contributed by atoms with Gasteiger partial charge in [-0.3, -0.25) is 10.1 Å². The van der Waals surface area contributed by atoms with Crippen molar-refractivity contribution in [3.8, 4) is 6.07 Å². The van der Waals surface area contributed by atoms with E-state index in [0.717, 1.165) is 6.42 Å². The smallest absolute Gasteiger partial charge is 0.333 e. The first kappa shape index (κ1) is 15.0. The number of nitro groups is 1. The molecule has 0 fully saturated rings. The summed E-state index contributed by atoms with van der Waals surface area (Å²) in [4.78, 5) is 12.7. The first-order valence-electron chi connectivity index (χ1n) is 6.40. The van der Waals surface area contributed by atoms with Crippen LogP contribution in [0.5, 0.6) is 0 Å². The van der Waals surface area contributed by atoms with E-state index >= 15 is 0 Å².